The van der Waals surface area contributed by atoms with E-state index < -0.39 is 0 Å². The molecule has 2 aliphatic heterocycles. The highest BCUT2D eigenvalue weighted by Crippen LogP contribution is 2.23. The lowest BCUT2D eigenvalue weighted by atomic mass is 10.0. The first kappa shape index (κ1) is 17.2. The molecule has 1 aromatic heterocycles. The van der Waals surface area contributed by atoms with Gasteiger partial charge in [-0.3, -0.25) is 14.7 Å². The van der Waals surface area contributed by atoms with Gasteiger partial charge < -0.3 is 10.1 Å². The summed E-state index contributed by atoms with van der Waals surface area (Å²) in [5.74, 6) is -0.0253. The maximum Gasteiger partial charge on any atom is 0.251 e. The first-order valence-electron chi connectivity index (χ1n) is 9.36. The zero-order valence-corrected chi connectivity index (χ0v) is 15.1. The standard InChI is InChI=1S/C21H25N3O2/c1-15-12-22-9-8-18(15)16-4-6-17(7-5-16)21(25)23-19-13-26-14-20(19)24-10-2-3-11-24/h4-9,12,19-20H,2-3,10-11,13-14H2,1H3,(H,23,25)/t19-,20-/m0/s1. The maximum atomic E-state index is 12.7. The van der Waals surface area contributed by atoms with Crippen LogP contribution in [0, 0.1) is 6.92 Å². The number of aromatic nitrogens is 1. The van der Waals surface area contributed by atoms with Crippen molar-refractivity contribution >= 4 is 5.91 Å². The molecule has 2 aliphatic rings. The van der Waals surface area contributed by atoms with E-state index in [0.29, 0.717) is 24.8 Å². The highest BCUT2D eigenvalue weighted by Gasteiger charge is 2.35. The highest BCUT2D eigenvalue weighted by molar-refractivity contribution is 5.95. The third-order valence-corrected chi connectivity index (χ3v) is 5.46. The molecule has 0 spiro atoms. The van der Waals surface area contributed by atoms with Gasteiger partial charge in [-0.25, -0.2) is 0 Å². The van der Waals surface area contributed by atoms with Gasteiger partial charge in [-0.15, -0.1) is 0 Å². The number of aryl methyl sites for hydroxylation is 1. The van der Waals surface area contributed by atoms with E-state index in [2.05, 4.69) is 15.2 Å². The van der Waals surface area contributed by atoms with Gasteiger partial charge in [0.25, 0.3) is 5.91 Å². The van der Waals surface area contributed by atoms with Gasteiger partial charge in [-0.05, 0) is 67.7 Å². The van der Waals surface area contributed by atoms with Crippen LogP contribution in [0.4, 0.5) is 0 Å². The zero-order valence-electron chi connectivity index (χ0n) is 15.1. The van der Waals surface area contributed by atoms with Gasteiger partial charge in [-0.1, -0.05) is 12.1 Å². The Kier molecular flexibility index (Phi) is 5.00. The Morgan fingerprint density at radius 3 is 2.65 bits per heavy atom. The molecule has 2 aromatic rings. The molecule has 0 aliphatic carbocycles. The lowest BCUT2D eigenvalue weighted by Crippen LogP contribution is -2.50. The second kappa shape index (κ2) is 7.56. The first-order chi connectivity index (χ1) is 12.7. The minimum Gasteiger partial charge on any atom is -0.378 e. The van der Waals surface area contributed by atoms with Crippen molar-refractivity contribution in [1.29, 1.82) is 0 Å². The Morgan fingerprint density at radius 1 is 1.15 bits per heavy atom. The number of nitrogens with zero attached hydrogens (tertiary/aromatic N) is 2. The number of amides is 1. The number of carbonyl (C=O) groups excluding carboxylic acids is 1. The number of ether oxygens (including phenoxy) is 1. The van der Waals surface area contributed by atoms with Gasteiger partial charge in [0.05, 0.1) is 25.3 Å². The minimum atomic E-state index is -0.0253. The van der Waals surface area contributed by atoms with E-state index in [4.69, 9.17) is 4.74 Å². The van der Waals surface area contributed by atoms with Gasteiger partial charge in [0.1, 0.15) is 0 Å². The summed E-state index contributed by atoms with van der Waals surface area (Å²) < 4.78 is 5.65. The fourth-order valence-electron chi connectivity index (χ4n) is 3.96. The van der Waals surface area contributed by atoms with E-state index in [1.807, 2.05) is 43.5 Å². The molecule has 2 saturated heterocycles. The summed E-state index contributed by atoms with van der Waals surface area (Å²) in [5.41, 5.74) is 4.06. The summed E-state index contributed by atoms with van der Waals surface area (Å²) in [5, 5.41) is 3.18. The number of nitrogens with one attached hydrogen (secondary N) is 1. The van der Waals surface area contributed by atoms with E-state index in [-0.39, 0.29) is 11.9 Å². The zero-order chi connectivity index (χ0) is 17.9. The molecule has 1 aromatic carbocycles. The molecule has 0 unspecified atom stereocenters. The van der Waals surface area contributed by atoms with Crippen molar-refractivity contribution < 1.29 is 9.53 Å². The molecule has 5 nitrogen and oxygen atoms in total. The smallest absolute Gasteiger partial charge is 0.251 e. The van der Waals surface area contributed by atoms with Crippen LogP contribution in [0.1, 0.15) is 28.8 Å². The van der Waals surface area contributed by atoms with Gasteiger partial charge in [-0.2, -0.15) is 0 Å². The predicted octanol–water partition coefficient (Wildman–Crippen LogP) is 2.65. The minimum absolute atomic E-state index is 0.0253. The number of likely N-dealkylation sites (tertiary alicyclic amines) is 1. The van der Waals surface area contributed by atoms with Crippen molar-refractivity contribution in [3.8, 4) is 11.1 Å². The van der Waals surface area contributed by atoms with Crippen LogP contribution in [0.15, 0.2) is 42.7 Å². The monoisotopic (exact) mass is 351 g/mol. The summed E-state index contributed by atoms with van der Waals surface area (Å²) >= 11 is 0. The van der Waals surface area contributed by atoms with Crippen molar-refractivity contribution in [2.45, 2.75) is 31.8 Å². The van der Waals surface area contributed by atoms with Crippen molar-refractivity contribution in [3.63, 3.8) is 0 Å². The molecule has 0 bridgehead atoms. The lowest BCUT2D eigenvalue weighted by molar-refractivity contribution is 0.0916. The van der Waals surface area contributed by atoms with Gasteiger partial charge in [0.15, 0.2) is 0 Å². The maximum absolute atomic E-state index is 12.7. The Labute approximate surface area is 154 Å². The molecule has 3 heterocycles. The second-order valence-corrected chi connectivity index (χ2v) is 7.20. The SMILES string of the molecule is Cc1cnccc1-c1ccc(C(=O)N[C@H]2COC[C@@H]2N2CCCC2)cc1. The fraction of sp³-hybridized carbons (Fsp3) is 0.429. The quantitative estimate of drug-likeness (QED) is 0.920. The normalized spacial score (nSPS) is 23.3. The summed E-state index contributed by atoms with van der Waals surface area (Å²) in [6.45, 7) is 5.58. The van der Waals surface area contributed by atoms with Crippen LogP contribution in [0.3, 0.4) is 0 Å². The lowest BCUT2D eigenvalue weighted by Gasteiger charge is -2.27. The number of benzene rings is 1. The molecule has 4 rings (SSSR count). The molecule has 1 amide bonds. The van der Waals surface area contributed by atoms with Gasteiger partial charge in [0.2, 0.25) is 0 Å². The van der Waals surface area contributed by atoms with Crippen LogP contribution in [0.5, 0.6) is 0 Å². The van der Waals surface area contributed by atoms with E-state index in [1.165, 1.54) is 12.8 Å². The Bertz CT molecular complexity index is 769. The molecule has 26 heavy (non-hydrogen) atoms. The van der Waals surface area contributed by atoms with Crippen LogP contribution in [-0.2, 0) is 4.74 Å². The largest absolute Gasteiger partial charge is 0.378 e. The van der Waals surface area contributed by atoms with Crippen LogP contribution in [-0.4, -0.2) is 54.2 Å². The number of rotatable bonds is 4. The Hall–Kier alpha value is -2.24. The number of pyridine rings is 1. The van der Waals surface area contributed by atoms with Crippen molar-refractivity contribution in [3.05, 3.63) is 53.9 Å². The van der Waals surface area contributed by atoms with Crippen molar-refractivity contribution in [1.82, 2.24) is 15.2 Å². The fourth-order valence-corrected chi connectivity index (χ4v) is 3.96. The van der Waals surface area contributed by atoms with E-state index in [1.54, 1.807) is 6.20 Å². The number of hydrogen-bond donors (Lipinski definition) is 1. The molecular weight excluding hydrogens is 326 g/mol. The van der Waals surface area contributed by atoms with Crippen LogP contribution >= 0.6 is 0 Å². The average molecular weight is 351 g/mol. The highest BCUT2D eigenvalue weighted by atomic mass is 16.5. The molecule has 0 saturated carbocycles. The molecule has 1 N–H and O–H groups in total. The van der Waals surface area contributed by atoms with Crippen molar-refractivity contribution in [2.24, 2.45) is 0 Å². The van der Waals surface area contributed by atoms with E-state index in [0.717, 1.165) is 29.8 Å². The summed E-state index contributed by atoms with van der Waals surface area (Å²) in [4.78, 5) is 19.3. The Morgan fingerprint density at radius 2 is 1.92 bits per heavy atom. The number of hydrogen-bond acceptors (Lipinski definition) is 4. The molecule has 2 atom stereocenters. The third kappa shape index (κ3) is 3.50. The number of carbonyl (C=O) groups is 1. The second-order valence-electron chi connectivity index (χ2n) is 7.20. The first-order valence-corrected chi connectivity index (χ1v) is 9.36. The van der Waals surface area contributed by atoms with Crippen LogP contribution in [0.2, 0.25) is 0 Å². The van der Waals surface area contributed by atoms with Crippen molar-refractivity contribution in [2.75, 3.05) is 26.3 Å². The topological polar surface area (TPSA) is 54.5 Å². The van der Waals surface area contributed by atoms with E-state index in [9.17, 15) is 4.79 Å². The summed E-state index contributed by atoms with van der Waals surface area (Å²) in [6, 6.07) is 10.2. The predicted molar refractivity (Wildman–Crippen MR) is 101 cm³/mol. The Balaban J connectivity index is 1.44. The molecule has 5 heteroatoms. The van der Waals surface area contributed by atoms with Crippen LogP contribution < -0.4 is 5.32 Å². The molecule has 2 fully saturated rings. The van der Waals surface area contributed by atoms with E-state index >= 15 is 0 Å². The summed E-state index contributed by atoms with van der Waals surface area (Å²) in [6.07, 6.45) is 6.14. The molecule has 0 radical (unpaired) electrons. The third-order valence-electron chi connectivity index (χ3n) is 5.46. The van der Waals surface area contributed by atoms with Gasteiger partial charge in [0, 0.05) is 18.0 Å². The van der Waals surface area contributed by atoms with Gasteiger partial charge >= 0.3 is 0 Å². The molecular formula is C21H25N3O2. The average Bonchev–Trinajstić information content (AvgIpc) is 3.33. The van der Waals surface area contributed by atoms with Crippen LogP contribution in [0.25, 0.3) is 11.1 Å². The molecule has 136 valence electrons. The summed E-state index contributed by atoms with van der Waals surface area (Å²) in [7, 11) is 0.